The molecule has 4 aromatic carbocycles. The van der Waals surface area contributed by atoms with Crippen molar-refractivity contribution in [2.45, 2.75) is 11.4 Å². The zero-order valence-electron chi connectivity index (χ0n) is 19.2. The first-order chi connectivity index (χ1) is 17.4. The maximum absolute atomic E-state index is 13.6. The number of fused-ring (bicyclic) bond motifs is 1. The van der Waals surface area contributed by atoms with E-state index in [2.05, 4.69) is 5.73 Å². The molecule has 0 atom stereocenters. The molecule has 0 spiro atoms. The molecule has 5 rings (SSSR count). The van der Waals surface area contributed by atoms with E-state index in [1.165, 1.54) is 28.6 Å². The Morgan fingerprint density at radius 2 is 1.31 bits per heavy atom. The summed E-state index contributed by atoms with van der Waals surface area (Å²) < 4.78 is 28.5. The molecule has 1 heterocycles. The van der Waals surface area contributed by atoms with Gasteiger partial charge in [0.25, 0.3) is 5.69 Å². The fraction of sp³-hybridized carbons (Fsp3) is 0.0690. The zero-order chi connectivity index (χ0) is 25.1. The second kappa shape index (κ2) is 9.76. The van der Waals surface area contributed by atoms with Gasteiger partial charge in [-0.25, -0.2) is 8.42 Å². The number of rotatable bonds is 5. The lowest BCUT2D eigenvalue weighted by Gasteiger charge is -2.29. The Bertz CT molecular complexity index is 1550. The second-order valence-electron chi connectivity index (χ2n) is 8.39. The van der Waals surface area contributed by atoms with Crippen LogP contribution < -0.4 is 0 Å². The molecule has 0 amide bonds. The predicted octanol–water partition coefficient (Wildman–Crippen LogP) is 5.91. The van der Waals surface area contributed by atoms with Gasteiger partial charge in [0.15, 0.2) is 0 Å². The van der Waals surface area contributed by atoms with Crippen LogP contribution in [0, 0.1) is 10.1 Å². The summed E-state index contributed by atoms with van der Waals surface area (Å²) in [5.74, 6) is 0. The van der Waals surface area contributed by atoms with Crippen molar-refractivity contribution in [3.8, 4) is 0 Å². The summed E-state index contributed by atoms with van der Waals surface area (Å²) in [6.07, 6.45) is 0. The number of benzene rings is 4. The number of nitrogens with zero attached hydrogens (tertiary/aromatic N) is 2. The number of nitro groups is 1. The Balaban J connectivity index is 1.67. The molecule has 1 aliphatic heterocycles. The SMILES string of the molecule is O=[N+]([O-])c1ccc(S(=O)(=O)N2CC(=C=C(c3ccccc3)c3ccccc3)c3ccccc3C2)cc1. The van der Waals surface area contributed by atoms with E-state index in [1.54, 1.807) is 0 Å². The summed E-state index contributed by atoms with van der Waals surface area (Å²) >= 11 is 0. The fourth-order valence-corrected chi connectivity index (χ4v) is 5.68. The predicted molar refractivity (Wildman–Crippen MR) is 139 cm³/mol. The van der Waals surface area contributed by atoms with Crippen molar-refractivity contribution < 1.29 is 13.3 Å². The second-order valence-corrected chi connectivity index (χ2v) is 10.3. The van der Waals surface area contributed by atoms with Crippen LogP contribution in [0.3, 0.4) is 0 Å². The highest BCUT2D eigenvalue weighted by Gasteiger charge is 2.31. The molecule has 178 valence electrons. The Kier molecular flexibility index (Phi) is 6.36. The van der Waals surface area contributed by atoms with Crippen LogP contribution in [0.2, 0.25) is 0 Å². The Hall–Kier alpha value is -4.29. The molecule has 36 heavy (non-hydrogen) atoms. The van der Waals surface area contributed by atoms with Gasteiger partial charge < -0.3 is 0 Å². The quantitative estimate of drug-likeness (QED) is 0.196. The third-order valence-corrected chi connectivity index (χ3v) is 7.92. The van der Waals surface area contributed by atoms with Gasteiger partial charge in [0, 0.05) is 36.4 Å². The Morgan fingerprint density at radius 3 is 1.89 bits per heavy atom. The molecule has 0 saturated heterocycles. The third-order valence-electron chi connectivity index (χ3n) is 6.11. The van der Waals surface area contributed by atoms with Gasteiger partial charge in [-0.05, 0) is 34.4 Å². The highest BCUT2D eigenvalue weighted by atomic mass is 32.2. The average Bonchev–Trinajstić information content (AvgIpc) is 2.92. The highest BCUT2D eigenvalue weighted by Crippen LogP contribution is 2.33. The fourth-order valence-electron chi connectivity index (χ4n) is 4.30. The third kappa shape index (κ3) is 4.63. The van der Waals surface area contributed by atoms with Crippen LogP contribution in [0.25, 0.3) is 11.1 Å². The zero-order valence-corrected chi connectivity index (χ0v) is 20.1. The first-order valence-electron chi connectivity index (χ1n) is 11.4. The van der Waals surface area contributed by atoms with Gasteiger partial charge >= 0.3 is 0 Å². The Morgan fingerprint density at radius 1 is 0.750 bits per heavy atom. The maximum atomic E-state index is 13.6. The normalized spacial score (nSPS) is 13.5. The van der Waals surface area contributed by atoms with E-state index in [4.69, 9.17) is 0 Å². The lowest BCUT2D eigenvalue weighted by atomic mass is 9.93. The molecule has 0 bridgehead atoms. The van der Waals surface area contributed by atoms with Crippen molar-refractivity contribution in [3.05, 3.63) is 147 Å². The van der Waals surface area contributed by atoms with E-state index in [-0.39, 0.29) is 23.7 Å². The molecule has 0 N–H and O–H groups in total. The van der Waals surface area contributed by atoms with Crippen molar-refractivity contribution >= 4 is 26.9 Å². The first-order valence-corrected chi connectivity index (χ1v) is 12.8. The molecule has 0 saturated carbocycles. The van der Waals surface area contributed by atoms with Crippen molar-refractivity contribution in [2.24, 2.45) is 0 Å². The summed E-state index contributed by atoms with van der Waals surface area (Å²) in [5.41, 5.74) is 8.81. The summed E-state index contributed by atoms with van der Waals surface area (Å²) in [5, 5.41) is 11.0. The summed E-state index contributed by atoms with van der Waals surface area (Å²) in [6.45, 7) is 0.326. The molecule has 0 radical (unpaired) electrons. The molecule has 6 nitrogen and oxygen atoms in total. The number of nitro benzene ring substituents is 1. The van der Waals surface area contributed by atoms with E-state index in [0.29, 0.717) is 0 Å². The molecule has 1 aliphatic rings. The van der Waals surface area contributed by atoms with Gasteiger partial charge in [0.1, 0.15) is 0 Å². The van der Waals surface area contributed by atoms with Crippen LogP contribution in [0.4, 0.5) is 5.69 Å². The molecular formula is C29H22N2O4S. The Labute approximate surface area is 209 Å². The van der Waals surface area contributed by atoms with Crippen LogP contribution >= 0.6 is 0 Å². The number of hydrogen-bond acceptors (Lipinski definition) is 4. The standard InChI is InChI=1S/C29H22N2O4S/c32-31(33)26-15-17-27(18-16-26)36(34,35)30-20-24-13-7-8-14-28(24)25(21-30)19-29(22-9-3-1-4-10-22)23-11-5-2-6-12-23/h1-18H,20-21H2. The molecular weight excluding hydrogens is 472 g/mol. The van der Waals surface area contributed by atoms with E-state index in [0.717, 1.165) is 33.4 Å². The van der Waals surface area contributed by atoms with Gasteiger partial charge in [-0.3, -0.25) is 10.1 Å². The maximum Gasteiger partial charge on any atom is 0.269 e. The summed E-state index contributed by atoms with van der Waals surface area (Å²) in [6, 6.07) is 32.5. The molecule has 0 fully saturated rings. The summed E-state index contributed by atoms with van der Waals surface area (Å²) in [7, 11) is -3.90. The number of sulfonamides is 1. The van der Waals surface area contributed by atoms with Gasteiger partial charge in [-0.15, -0.1) is 5.73 Å². The van der Waals surface area contributed by atoms with E-state index >= 15 is 0 Å². The minimum atomic E-state index is -3.90. The van der Waals surface area contributed by atoms with Crippen molar-refractivity contribution in [2.75, 3.05) is 6.54 Å². The minimum Gasteiger partial charge on any atom is -0.258 e. The largest absolute Gasteiger partial charge is 0.269 e. The van der Waals surface area contributed by atoms with E-state index in [9.17, 15) is 18.5 Å². The smallest absolute Gasteiger partial charge is 0.258 e. The molecule has 0 aliphatic carbocycles. The number of hydrogen-bond donors (Lipinski definition) is 0. The topological polar surface area (TPSA) is 80.5 Å². The average molecular weight is 495 g/mol. The summed E-state index contributed by atoms with van der Waals surface area (Å²) in [4.78, 5) is 10.5. The van der Waals surface area contributed by atoms with Crippen molar-refractivity contribution in [3.63, 3.8) is 0 Å². The van der Waals surface area contributed by atoms with Crippen molar-refractivity contribution in [1.29, 1.82) is 0 Å². The van der Waals surface area contributed by atoms with Gasteiger partial charge in [-0.2, -0.15) is 4.31 Å². The van der Waals surface area contributed by atoms with Crippen LogP contribution in [-0.2, 0) is 16.6 Å². The molecule has 7 heteroatoms. The van der Waals surface area contributed by atoms with E-state index < -0.39 is 14.9 Å². The van der Waals surface area contributed by atoms with Gasteiger partial charge in [-0.1, -0.05) is 84.9 Å². The lowest BCUT2D eigenvalue weighted by Crippen LogP contribution is -2.35. The number of non-ortho nitro benzene ring substituents is 1. The molecule has 4 aromatic rings. The highest BCUT2D eigenvalue weighted by molar-refractivity contribution is 7.89. The monoisotopic (exact) mass is 494 g/mol. The van der Waals surface area contributed by atoms with Crippen LogP contribution in [0.5, 0.6) is 0 Å². The van der Waals surface area contributed by atoms with E-state index in [1.807, 2.05) is 84.9 Å². The lowest BCUT2D eigenvalue weighted by molar-refractivity contribution is -0.384. The first kappa shape index (κ1) is 23.5. The van der Waals surface area contributed by atoms with Crippen molar-refractivity contribution in [1.82, 2.24) is 4.31 Å². The van der Waals surface area contributed by atoms with Crippen LogP contribution in [-0.4, -0.2) is 24.2 Å². The molecule has 0 aromatic heterocycles. The molecule has 0 unspecified atom stereocenters. The van der Waals surface area contributed by atoms with Gasteiger partial charge in [0.05, 0.1) is 9.82 Å². The van der Waals surface area contributed by atoms with Crippen LogP contribution in [0.1, 0.15) is 22.3 Å². The van der Waals surface area contributed by atoms with Crippen LogP contribution in [0.15, 0.2) is 120 Å². The van der Waals surface area contributed by atoms with Gasteiger partial charge in [0.2, 0.25) is 10.0 Å². The minimum absolute atomic E-state index is 0.0159.